The van der Waals surface area contributed by atoms with E-state index in [1.54, 1.807) is 0 Å². The van der Waals surface area contributed by atoms with Gasteiger partial charge in [-0.15, -0.1) is 0 Å². The Bertz CT molecular complexity index is 361. The second-order valence-corrected chi connectivity index (χ2v) is 5.45. The number of nitrogens with zero attached hydrogens (tertiary/aromatic N) is 2. The van der Waals surface area contributed by atoms with E-state index < -0.39 is 0 Å². The van der Waals surface area contributed by atoms with Crippen molar-refractivity contribution in [3.05, 3.63) is 23.9 Å². The molecule has 1 aromatic rings. The van der Waals surface area contributed by atoms with Gasteiger partial charge in [-0.1, -0.05) is 26.3 Å². The van der Waals surface area contributed by atoms with Gasteiger partial charge in [-0.05, 0) is 50.4 Å². The summed E-state index contributed by atoms with van der Waals surface area (Å²) in [6.45, 7) is 7.94. The van der Waals surface area contributed by atoms with E-state index in [1.165, 1.54) is 50.8 Å². The highest BCUT2D eigenvalue weighted by atomic mass is 15.2. The maximum Gasteiger partial charge on any atom is 0.125 e. The lowest BCUT2D eigenvalue weighted by Crippen LogP contribution is -2.24. The van der Waals surface area contributed by atoms with Crippen LogP contribution in [0, 0.1) is 0 Å². The quantitative estimate of drug-likeness (QED) is 0.756. The molecule has 0 saturated carbocycles. The van der Waals surface area contributed by atoms with Gasteiger partial charge >= 0.3 is 0 Å². The van der Waals surface area contributed by atoms with Crippen molar-refractivity contribution in [3.63, 3.8) is 0 Å². The number of aromatic nitrogens is 1. The van der Waals surface area contributed by atoms with Gasteiger partial charge in [-0.25, -0.2) is 4.98 Å². The molecule has 1 saturated heterocycles. The van der Waals surface area contributed by atoms with Crippen LogP contribution in [0.25, 0.3) is 0 Å². The summed E-state index contributed by atoms with van der Waals surface area (Å²) >= 11 is 0. The first-order chi connectivity index (χ1) is 9.35. The fourth-order valence-electron chi connectivity index (χ4n) is 2.86. The zero-order chi connectivity index (χ0) is 13.5. The average Bonchev–Trinajstić information content (AvgIpc) is 2.89. The van der Waals surface area contributed by atoms with Crippen LogP contribution in [0.3, 0.4) is 0 Å². The second-order valence-electron chi connectivity index (χ2n) is 5.45. The van der Waals surface area contributed by atoms with Crippen LogP contribution >= 0.6 is 0 Å². The Morgan fingerprint density at radius 2 is 2.21 bits per heavy atom. The molecule has 0 aromatic carbocycles. The molecule has 1 fully saturated rings. The normalized spacial score (nSPS) is 19.8. The Balaban J connectivity index is 1.93. The Hall–Kier alpha value is -1.09. The number of pyridine rings is 1. The molecule has 1 aliphatic rings. The monoisotopic (exact) mass is 261 g/mol. The molecule has 0 unspecified atom stereocenters. The molecule has 0 amide bonds. The molecular formula is C16H27N3. The number of anilines is 1. The highest BCUT2D eigenvalue weighted by Crippen LogP contribution is 2.31. The second kappa shape index (κ2) is 7.49. The van der Waals surface area contributed by atoms with E-state index in [0.29, 0.717) is 6.04 Å². The topological polar surface area (TPSA) is 28.2 Å². The van der Waals surface area contributed by atoms with Gasteiger partial charge < -0.3 is 5.32 Å². The van der Waals surface area contributed by atoms with Crippen molar-refractivity contribution in [1.29, 1.82) is 0 Å². The van der Waals surface area contributed by atoms with Crippen LogP contribution in [0.2, 0.25) is 0 Å². The van der Waals surface area contributed by atoms with Gasteiger partial charge in [-0.2, -0.15) is 0 Å². The van der Waals surface area contributed by atoms with Crippen molar-refractivity contribution < 1.29 is 0 Å². The maximum atomic E-state index is 4.55. The summed E-state index contributed by atoms with van der Waals surface area (Å²) in [6.07, 6.45) is 8.33. The maximum absolute atomic E-state index is 4.55. The van der Waals surface area contributed by atoms with Crippen LogP contribution in [0.1, 0.15) is 57.6 Å². The summed E-state index contributed by atoms with van der Waals surface area (Å²) in [5.74, 6) is 1.01. The first kappa shape index (κ1) is 14.3. The minimum atomic E-state index is 0.595. The number of nitrogens with one attached hydrogen (secondary N) is 1. The van der Waals surface area contributed by atoms with Crippen LogP contribution in [-0.2, 0) is 0 Å². The first-order valence-corrected chi connectivity index (χ1v) is 7.79. The summed E-state index contributed by atoms with van der Waals surface area (Å²) in [5.41, 5.74) is 1.38. The number of hydrogen-bond acceptors (Lipinski definition) is 3. The zero-order valence-corrected chi connectivity index (χ0v) is 12.4. The van der Waals surface area contributed by atoms with Crippen molar-refractivity contribution in [2.45, 2.75) is 52.0 Å². The standard InChI is InChI=1S/C16H27N3/c1-3-5-10-17-16-9-8-14(13-18-16)15-7-6-12-19(15)11-4-2/h8-9,13,15H,3-7,10-12H2,1-2H3,(H,17,18)/t15-/m0/s1. The molecule has 0 spiro atoms. The molecule has 0 aliphatic carbocycles. The van der Waals surface area contributed by atoms with Crippen molar-refractivity contribution in [1.82, 2.24) is 9.88 Å². The van der Waals surface area contributed by atoms with E-state index in [1.807, 2.05) is 0 Å². The molecule has 1 aliphatic heterocycles. The Morgan fingerprint density at radius 1 is 1.32 bits per heavy atom. The van der Waals surface area contributed by atoms with Gasteiger partial charge in [0.1, 0.15) is 5.82 Å². The van der Waals surface area contributed by atoms with Gasteiger partial charge in [0, 0.05) is 18.8 Å². The van der Waals surface area contributed by atoms with Crippen molar-refractivity contribution >= 4 is 5.82 Å². The molecule has 1 atom stereocenters. The van der Waals surface area contributed by atoms with Gasteiger partial charge in [0.2, 0.25) is 0 Å². The summed E-state index contributed by atoms with van der Waals surface area (Å²) in [6, 6.07) is 4.98. The van der Waals surface area contributed by atoms with E-state index in [2.05, 4.69) is 47.4 Å². The highest BCUT2D eigenvalue weighted by molar-refractivity contribution is 5.36. The van der Waals surface area contributed by atoms with Gasteiger partial charge in [0.25, 0.3) is 0 Å². The van der Waals surface area contributed by atoms with Crippen molar-refractivity contribution in [2.24, 2.45) is 0 Å². The Kier molecular flexibility index (Phi) is 5.64. The highest BCUT2D eigenvalue weighted by Gasteiger charge is 2.25. The van der Waals surface area contributed by atoms with E-state index in [0.717, 1.165) is 12.4 Å². The number of rotatable bonds is 7. The van der Waals surface area contributed by atoms with E-state index in [9.17, 15) is 0 Å². The predicted octanol–water partition coefficient (Wildman–Crippen LogP) is 3.84. The number of likely N-dealkylation sites (tertiary alicyclic amines) is 1. The van der Waals surface area contributed by atoms with E-state index >= 15 is 0 Å². The summed E-state index contributed by atoms with van der Waals surface area (Å²) < 4.78 is 0. The third kappa shape index (κ3) is 3.93. The molecule has 106 valence electrons. The molecule has 0 radical (unpaired) electrons. The van der Waals surface area contributed by atoms with Crippen LogP contribution in [0.5, 0.6) is 0 Å². The summed E-state index contributed by atoms with van der Waals surface area (Å²) in [5, 5.41) is 3.38. The van der Waals surface area contributed by atoms with Crippen LogP contribution in [0.15, 0.2) is 18.3 Å². The first-order valence-electron chi connectivity index (χ1n) is 7.79. The Morgan fingerprint density at radius 3 is 2.89 bits per heavy atom. The minimum absolute atomic E-state index is 0.595. The molecule has 3 heteroatoms. The third-order valence-corrected chi connectivity index (χ3v) is 3.88. The summed E-state index contributed by atoms with van der Waals surface area (Å²) in [4.78, 5) is 7.15. The molecule has 1 aromatic heterocycles. The van der Waals surface area contributed by atoms with Crippen LogP contribution < -0.4 is 5.32 Å². The molecule has 0 bridgehead atoms. The molecule has 3 nitrogen and oxygen atoms in total. The smallest absolute Gasteiger partial charge is 0.125 e. The largest absolute Gasteiger partial charge is 0.370 e. The molecule has 2 heterocycles. The fourth-order valence-corrected chi connectivity index (χ4v) is 2.86. The fraction of sp³-hybridized carbons (Fsp3) is 0.688. The third-order valence-electron chi connectivity index (χ3n) is 3.88. The lowest BCUT2D eigenvalue weighted by Gasteiger charge is -2.24. The molecule has 19 heavy (non-hydrogen) atoms. The van der Waals surface area contributed by atoms with Crippen molar-refractivity contribution in [3.8, 4) is 0 Å². The van der Waals surface area contributed by atoms with Crippen LogP contribution in [-0.4, -0.2) is 29.5 Å². The van der Waals surface area contributed by atoms with Crippen LogP contribution in [0.4, 0.5) is 5.82 Å². The van der Waals surface area contributed by atoms with Gasteiger partial charge in [0.05, 0.1) is 0 Å². The van der Waals surface area contributed by atoms with E-state index in [-0.39, 0.29) is 0 Å². The molecular weight excluding hydrogens is 234 g/mol. The summed E-state index contributed by atoms with van der Waals surface area (Å²) in [7, 11) is 0. The molecule has 1 N–H and O–H groups in total. The van der Waals surface area contributed by atoms with Gasteiger partial charge in [0.15, 0.2) is 0 Å². The van der Waals surface area contributed by atoms with Gasteiger partial charge in [-0.3, -0.25) is 4.90 Å². The van der Waals surface area contributed by atoms with E-state index in [4.69, 9.17) is 0 Å². The van der Waals surface area contributed by atoms with Crippen molar-refractivity contribution in [2.75, 3.05) is 25.0 Å². The Labute approximate surface area is 117 Å². The minimum Gasteiger partial charge on any atom is -0.370 e. The zero-order valence-electron chi connectivity index (χ0n) is 12.4. The molecule has 2 rings (SSSR count). The predicted molar refractivity (Wildman–Crippen MR) is 81.5 cm³/mol. The number of unbranched alkanes of at least 4 members (excludes halogenated alkanes) is 1. The SMILES string of the molecule is CCCCNc1ccc([C@@H]2CCCN2CCC)cn1. The lowest BCUT2D eigenvalue weighted by molar-refractivity contribution is 0.257. The number of hydrogen-bond donors (Lipinski definition) is 1. The lowest BCUT2D eigenvalue weighted by atomic mass is 10.1. The average molecular weight is 261 g/mol.